The third-order valence-electron chi connectivity index (χ3n) is 3.47. The monoisotopic (exact) mass is 302 g/mol. The first-order valence-corrected chi connectivity index (χ1v) is 7.35. The largest absolute Gasteiger partial charge is 0.354 e. The quantitative estimate of drug-likeness (QED) is 0.801. The lowest BCUT2D eigenvalue weighted by Crippen LogP contribution is -2.33. The molecule has 0 bridgehead atoms. The zero-order chi connectivity index (χ0) is 16.1. The van der Waals surface area contributed by atoms with Crippen LogP contribution in [0.15, 0.2) is 29.3 Å². The van der Waals surface area contributed by atoms with Crippen molar-refractivity contribution in [2.24, 2.45) is 0 Å². The van der Waals surface area contributed by atoms with Crippen molar-refractivity contribution < 1.29 is 4.79 Å². The summed E-state index contributed by atoms with van der Waals surface area (Å²) in [6.07, 6.45) is 2.32. The van der Waals surface area contributed by atoms with Gasteiger partial charge in [-0.1, -0.05) is 12.1 Å². The molecule has 0 aliphatic heterocycles. The van der Waals surface area contributed by atoms with E-state index in [0.29, 0.717) is 17.4 Å². The first-order chi connectivity index (χ1) is 10.5. The van der Waals surface area contributed by atoms with Gasteiger partial charge in [-0.2, -0.15) is 0 Å². The molecule has 0 aliphatic rings. The Morgan fingerprint density at radius 2 is 2.14 bits per heavy atom. The summed E-state index contributed by atoms with van der Waals surface area (Å²) in [5.41, 5.74) is 1.46. The highest BCUT2D eigenvalue weighted by Gasteiger charge is 2.08. The molecule has 1 aromatic heterocycles. The Morgan fingerprint density at radius 3 is 2.86 bits per heavy atom. The summed E-state index contributed by atoms with van der Waals surface area (Å²) in [5.74, 6) is -0.172. The van der Waals surface area contributed by atoms with Gasteiger partial charge in [0.1, 0.15) is 6.54 Å². The van der Waals surface area contributed by atoms with E-state index < -0.39 is 0 Å². The minimum atomic E-state index is -0.183. The maximum atomic E-state index is 12.4. The van der Waals surface area contributed by atoms with E-state index in [-0.39, 0.29) is 18.0 Å². The number of rotatable bonds is 6. The van der Waals surface area contributed by atoms with Gasteiger partial charge in [0.15, 0.2) is 0 Å². The van der Waals surface area contributed by atoms with E-state index in [1.807, 2.05) is 33.2 Å². The topological polar surface area (TPSA) is 67.2 Å². The van der Waals surface area contributed by atoms with Crippen molar-refractivity contribution in [1.82, 2.24) is 19.8 Å². The number of hydrogen-bond donors (Lipinski definition) is 1. The molecule has 1 heterocycles. The fourth-order valence-corrected chi connectivity index (χ4v) is 2.28. The second kappa shape index (κ2) is 7.17. The fourth-order valence-electron chi connectivity index (χ4n) is 2.28. The Hall–Kier alpha value is -2.21. The Bertz CT molecular complexity index is 722. The molecule has 1 N–H and O–H groups in total. The van der Waals surface area contributed by atoms with Crippen molar-refractivity contribution in [1.29, 1.82) is 0 Å². The first kappa shape index (κ1) is 16.2. The molecule has 0 spiro atoms. The van der Waals surface area contributed by atoms with E-state index in [1.54, 1.807) is 6.07 Å². The van der Waals surface area contributed by atoms with Crippen molar-refractivity contribution in [3.63, 3.8) is 0 Å². The molecular formula is C16H22N4O2. The van der Waals surface area contributed by atoms with Crippen molar-refractivity contribution >= 4 is 16.8 Å². The van der Waals surface area contributed by atoms with Crippen LogP contribution in [0, 0.1) is 6.92 Å². The average molecular weight is 302 g/mol. The van der Waals surface area contributed by atoms with Crippen LogP contribution in [0.25, 0.3) is 10.9 Å². The number of carbonyl (C=O) groups is 1. The number of para-hydroxylation sites is 1. The van der Waals surface area contributed by atoms with E-state index >= 15 is 0 Å². The summed E-state index contributed by atoms with van der Waals surface area (Å²) in [5, 5.41) is 3.36. The standard InChI is InChI=1S/C16H22N4O2/c1-12-6-4-7-13-15(12)18-11-20(16(13)22)10-14(21)17-8-5-9-19(2)3/h4,6-7,11H,5,8-10H2,1-3H3,(H,17,21). The highest BCUT2D eigenvalue weighted by molar-refractivity contribution is 5.81. The number of nitrogens with one attached hydrogen (secondary N) is 1. The van der Waals surface area contributed by atoms with Crippen LogP contribution in [0.4, 0.5) is 0 Å². The smallest absolute Gasteiger partial charge is 0.261 e. The third kappa shape index (κ3) is 3.92. The van der Waals surface area contributed by atoms with E-state index in [2.05, 4.69) is 15.2 Å². The summed E-state index contributed by atoms with van der Waals surface area (Å²) < 4.78 is 1.35. The lowest BCUT2D eigenvalue weighted by Gasteiger charge is -2.11. The van der Waals surface area contributed by atoms with Crippen LogP contribution in [0.5, 0.6) is 0 Å². The SMILES string of the molecule is Cc1cccc2c(=O)n(CC(=O)NCCCN(C)C)cnc12. The van der Waals surface area contributed by atoms with Crippen LogP contribution in [0.2, 0.25) is 0 Å². The predicted molar refractivity (Wildman–Crippen MR) is 86.9 cm³/mol. The molecule has 22 heavy (non-hydrogen) atoms. The summed E-state index contributed by atoms with van der Waals surface area (Å²) in [6.45, 7) is 3.43. The fraction of sp³-hybridized carbons (Fsp3) is 0.438. The number of aryl methyl sites for hydroxylation is 1. The number of carbonyl (C=O) groups excluding carboxylic acids is 1. The van der Waals surface area contributed by atoms with Crippen LogP contribution in [0.1, 0.15) is 12.0 Å². The number of aromatic nitrogens is 2. The van der Waals surface area contributed by atoms with Crippen LogP contribution in [-0.2, 0) is 11.3 Å². The van der Waals surface area contributed by atoms with Gasteiger partial charge in [0.25, 0.3) is 5.56 Å². The Morgan fingerprint density at radius 1 is 1.36 bits per heavy atom. The van der Waals surface area contributed by atoms with Gasteiger partial charge < -0.3 is 10.2 Å². The van der Waals surface area contributed by atoms with Gasteiger partial charge in [-0.3, -0.25) is 14.2 Å². The van der Waals surface area contributed by atoms with Gasteiger partial charge in [-0.25, -0.2) is 4.98 Å². The van der Waals surface area contributed by atoms with Crippen molar-refractivity contribution in [2.75, 3.05) is 27.2 Å². The maximum Gasteiger partial charge on any atom is 0.261 e. The minimum absolute atomic E-state index is 0.00230. The van der Waals surface area contributed by atoms with Crippen LogP contribution < -0.4 is 10.9 Å². The summed E-state index contributed by atoms with van der Waals surface area (Å²) in [6, 6.07) is 5.48. The second-order valence-corrected chi connectivity index (χ2v) is 5.66. The number of nitrogens with zero attached hydrogens (tertiary/aromatic N) is 3. The van der Waals surface area contributed by atoms with E-state index in [1.165, 1.54) is 10.9 Å². The molecule has 0 saturated heterocycles. The van der Waals surface area contributed by atoms with Gasteiger partial charge in [0, 0.05) is 6.54 Å². The third-order valence-corrected chi connectivity index (χ3v) is 3.47. The molecule has 0 aliphatic carbocycles. The van der Waals surface area contributed by atoms with Gasteiger partial charge in [0.05, 0.1) is 17.2 Å². The molecule has 1 aromatic carbocycles. The van der Waals surface area contributed by atoms with Crippen LogP contribution >= 0.6 is 0 Å². The van der Waals surface area contributed by atoms with E-state index in [9.17, 15) is 9.59 Å². The Labute approximate surface area is 129 Å². The molecule has 0 radical (unpaired) electrons. The molecule has 2 rings (SSSR count). The highest BCUT2D eigenvalue weighted by Crippen LogP contribution is 2.10. The second-order valence-electron chi connectivity index (χ2n) is 5.66. The summed E-state index contributed by atoms with van der Waals surface area (Å²) in [4.78, 5) is 30.6. The van der Waals surface area contributed by atoms with Crippen molar-refractivity contribution in [3.05, 3.63) is 40.4 Å². The maximum absolute atomic E-state index is 12.4. The van der Waals surface area contributed by atoms with Crippen LogP contribution in [0.3, 0.4) is 0 Å². The lowest BCUT2D eigenvalue weighted by atomic mass is 10.1. The normalized spacial score (nSPS) is 11.1. The number of benzene rings is 1. The Kier molecular flexibility index (Phi) is 5.27. The average Bonchev–Trinajstić information content (AvgIpc) is 2.47. The van der Waals surface area contributed by atoms with Gasteiger partial charge in [0.2, 0.25) is 5.91 Å². The Balaban J connectivity index is 2.04. The van der Waals surface area contributed by atoms with Crippen LogP contribution in [-0.4, -0.2) is 47.5 Å². The molecule has 0 fully saturated rings. The first-order valence-electron chi connectivity index (χ1n) is 7.35. The van der Waals surface area contributed by atoms with Crippen molar-refractivity contribution in [3.8, 4) is 0 Å². The summed E-state index contributed by atoms with van der Waals surface area (Å²) in [7, 11) is 3.98. The highest BCUT2D eigenvalue weighted by atomic mass is 16.2. The molecule has 0 unspecified atom stereocenters. The molecule has 118 valence electrons. The van der Waals surface area contributed by atoms with E-state index in [0.717, 1.165) is 18.5 Å². The molecule has 0 saturated carbocycles. The molecule has 0 atom stereocenters. The molecular weight excluding hydrogens is 280 g/mol. The predicted octanol–water partition coefficient (Wildman–Crippen LogP) is 0.773. The van der Waals surface area contributed by atoms with Gasteiger partial charge >= 0.3 is 0 Å². The summed E-state index contributed by atoms with van der Waals surface area (Å²) >= 11 is 0. The number of hydrogen-bond acceptors (Lipinski definition) is 4. The molecule has 6 nitrogen and oxygen atoms in total. The van der Waals surface area contributed by atoms with Gasteiger partial charge in [-0.15, -0.1) is 0 Å². The molecule has 1 amide bonds. The zero-order valence-electron chi connectivity index (χ0n) is 13.3. The minimum Gasteiger partial charge on any atom is -0.354 e. The number of fused-ring (bicyclic) bond motifs is 1. The lowest BCUT2D eigenvalue weighted by molar-refractivity contribution is -0.121. The van der Waals surface area contributed by atoms with E-state index in [4.69, 9.17) is 0 Å². The number of amides is 1. The van der Waals surface area contributed by atoms with Gasteiger partial charge in [-0.05, 0) is 45.6 Å². The molecule has 2 aromatic rings. The zero-order valence-corrected chi connectivity index (χ0v) is 13.3. The van der Waals surface area contributed by atoms with Crippen molar-refractivity contribution in [2.45, 2.75) is 19.9 Å². The molecule has 6 heteroatoms.